The van der Waals surface area contributed by atoms with Gasteiger partial charge >= 0.3 is 11.9 Å². The number of benzene rings is 2. The van der Waals surface area contributed by atoms with Crippen LogP contribution in [-0.4, -0.2) is 37.2 Å². The van der Waals surface area contributed by atoms with E-state index in [2.05, 4.69) is 5.32 Å². The number of ether oxygens (including phenoxy) is 3. The molecule has 1 N–H and O–H groups in total. The van der Waals surface area contributed by atoms with Crippen molar-refractivity contribution in [2.24, 2.45) is 0 Å². The Kier molecular flexibility index (Phi) is 7.83. The maximum absolute atomic E-state index is 11.9. The van der Waals surface area contributed by atoms with Gasteiger partial charge in [0.2, 0.25) is 0 Å². The van der Waals surface area contributed by atoms with Crippen molar-refractivity contribution in [3.8, 4) is 5.75 Å². The minimum absolute atomic E-state index is 0.218. The summed E-state index contributed by atoms with van der Waals surface area (Å²) in [6.07, 6.45) is -0.218. The molecule has 7 nitrogen and oxygen atoms in total. The van der Waals surface area contributed by atoms with Gasteiger partial charge in [-0.3, -0.25) is 4.79 Å². The molecule has 0 saturated heterocycles. The molecule has 0 heterocycles. The number of hydrogen-bond acceptors (Lipinski definition) is 6. The second-order valence-electron chi connectivity index (χ2n) is 5.99. The molecule has 0 fully saturated rings. The van der Waals surface area contributed by atoms with E-state index in [-0.39, 0.29) is 12.7 Å². The normalized spacial score (nSPS) is 10.3. The highest BCUT2D eigenvalue weighted by atomic mass is 35.5. The average molecular weight is 406 g/mol. The molecule has 0 bridgehead atoms. The van der Waals surface area contributed by atoms with E-state index < -0.39 is 24.5 Å². The maximum Gasteiger partial charge on any atom is 0.344 e. The van der Waals surface area contributed by atoms with Crippen LogP contribution in [0.1, 0.15) is 24.2 Å². The quantitative estimate of drug-likeness (QED) is 0.676. The molecule has 0 spiro atoms. The number of hydrogen-bond donors (Lipinski definition) is 1. The van der Waals surface area contributed by atoms with Crippen molar-refractivity contribution in [1.29, 1.82) is 0 Å². The molecule has 0 aliphatic carbocycles. The molecule has 0 radical (unpaired) electrons. The van der Waals surface area contributed by atoms with Crippen LogP contribution < -0.4 is 10.1 Å². The van der Waals surface area contributed by atoms with Crippen LogP contribution in [0, 0.1) is 0 Å². The van der Waals surface area contributed by atoms with Crippen LogP contribution in [0.5, 0.6) is 5.75 Å². The van der Waals surface area contributed by atoms with Gasteiger partial charge in [0.25, 0.3) is 5.91 Å². The van der Waals surface area contributed by atoms with E-state index in [0.717, 1.165) is 0 Å². The van der Waals surface area contributed by atoms with E-state index in [9.17, 15) is 14.4 Å². The van der Waals surface area contributed by atoms with Gasteiger partial charge in [-0.25, -0.2) is 9.59 Å². The Bertz CT molecular complexity index is 835. The minimum atomic E-state index is -0.693. The van der Waals surface area contributed by atoms with Gasteiger partial charge in [0, 0.05) is 10.7 Å². The van der Waals surface area contributed by atoms with Crippen molar-refractivity contribution >= 4 is 35.1 Å². The summed E-state index contributed by atoms with van der Waals surface area (Å²) in [6.45, 7) is 2.71. The van der Waals surface area contributed by atoms with Crippen LogP contribution in [0.25, 0.3) is 0 Å². The van der Waals surface area contributed by atoms with Gasteiger partial charge in [-0.2, -0.15) is 0 Å². The van der Waals surface area contributed by atoms with E-state index in [1.165, 1.54) is 12.1 Å². The summed E-state index contributed by atoms with van der Waals surface area (Å²) in [6, 6.07) is 12.7. The number of rotatable bonds is 8. The molecule has 0 unspecified atom stereocenters. The van der Waals surface area contributed by atoms with Gasteiger partial charge < -0.3 is 19.5 Å². The Morgan fingerprint density at radius 3 is 2.39 bits per heavy atom. The third-order valence-corrected chi connectivity index (χ3v) is 3.50. The molecule has 2 rings (SSSR count). The second kappa shape index (κ2) is 10.3. The number of carbonyl (C=O) groups excluding carboxylic acids is 3. The predicted molar refractivity (Wildman–Crippen MR) is 104 cm³/mol. The molecule has 148 valence electrons. The zero-order valence-corrected chi connectivity index (χ0v) is 16.2. The molecular formula is C20H20ClNO6. The number of anilines is 1. The molecule has 28 heavy (non-hydrogen) atoms. The first-order valence-corrected chi connectivity index (χ1v) is 8.86. The highest BCUT2D eigenvalue weighted by Gasteiger charge is 2.11. The molecule has 0 aliphatic heterocycles. The smallest absolute Gasteiger partial charge is 0.344 e. The predicted octanol–water partition coefficient (Wildman–Crippen LogP) is 3.47. The summed E-state index contributed by atoms with van der Waals surface area (Å²) in [7, 11) is 0. The molecule has 0 aliphatic rings. The highest BCUT2D eigenvalue weighted by Crippen LogP contribution is 2.17. The minimum Gasteiger partial charge on any atom is -0.482 e. The van der Waals surface area contributed by atoms with Crippen molar-refractivity contribution in [3.63, 3.8) is 0 Å². The lowest BCUT2D eigenvalue weighted by Crippen LogP contribution is -2.23. The zero-order valence-electron chi connectivity index (χ0n) is 15.4. The lowest BCUT2D eigenvalue weighted by atomic mass is 10.2. The second-order valence-corrected chi connectivity index (χ2v) is 6.42. The molecular weight excluding hydrogens is 386 g/mol. The van der Waals surface area contributed by atoms with Crippen molar-refractivity contribution in [2.45, 2.75) is 20.0 Å². The van der Waals surface area contributed by atoms with Crippen molar-refractivity contribution < 1.29 is 28.6 Å². The van der Waals surface area contributed by atoms with E-state index >= 15 is 0 Å². The average Bonchev–Trinajstić information content (AvgIpc) is 2.65. The largest absolute Gasteiger partial charge is 0.482 e. The lowest BCUT2D eigenvalue weighted by Gasteiger charge is -2.09. The van der Waals surface area contributed by atoms with E-state index in [0.29, 0.717) is 22.0 Å². The number of carbonyl (C=O) groups is 3. The summed E-state index contributed by atoms with van der Waals surface area (Å²) in [5.74, 6) is -1.23. The van der Waals surface area contributed by atoms with Gasteiger partial charge in [0.15, 0.2) is 13.2 Å². The molecule has 1 amide bonds. The Hall–Kier alpha value is -3.06. The molecule has 8 heteroatoms. The molecule has 0 atom stereocenters. The van der Waals surface area contributed by atoms with E-state index in [4.69, 9.17) is 25.8 Å². The first-order valence-electron chi connectivity index (χ1n) is 8.48. The summed E-state index contributed by atoms with van der Waals surface area (Å²) in [5, 5.41) is 3.04. The van der Waals surface area contributed by atoms with Crippen molar-refractivity contribution in [3.05, 3.63) is 59.1 Å². The van der Waals surface area contributed by atoms with Crippen molar-refractivity contribution in [2.75, 3.05) is 18.5 Å². The highest BCUT2D eigenvalue weighted by molar-refractivity contribution is 6.30. The van der Waals surface area contributed by atoms with Gasteiger partial charge in [-0.05, 0) is 56.3 Å². The number of esters is 2. The number of nitrogens with one attached hydrogen (secondary N) is 1. The molecule has 0 saturated carbocycles. The molecule has 2 aromatic rings. The van der Waals surface area contributed by atoms with E-state index in [1.807, 2.05) is 0 Å². The third-order valence-electron chi connectivity index (χ3n) is 3.26. The van der Waals surface area contributed by atoms with Gasteiger partial charge in [-0.15, -0.1) is 0 Å². The van der Waals surface area contributed by atoms with Gasteiger partial charge in [0.1, 0.15) is 5.75 Å². The number of amides is 1. The van der Waals surface area contributed by atoms with Crippen LogP contribution in [0.2, 0.25) is 5.02 Å². The first kappa shape index (κ1) is 21.2. The van der Waals surface area contributed by atoms with Crippen molar-refractivity contribution in [1.82, 2.24) is 0 Å². The number of halogens is 1. The maximum atomic E-state index is 11.9. The molecule has 0 aromatic heterocycles. The Balaban J connectivity index is 1.74. The zero-order chi connectivity index (χ0) is 20.5. The van der Waals surface area contributed by atoms with Gasteiger partial charge in [-0.1, -0.05) is 17.7 Å². The van der Waals surface area contributed by atoms with Gasteiger partial charge in [0.05, 0.1) is 11.7 Å². The van der Waals surface area contributed by atoms with Crippen LogP contribution in [-0.2, 0) is 19.1 Å². The third kappa shape index (κ3) is 7.28. The summed E-state index contributed by atoms with van der Waals surface area (Å²) >= 11 is 5.81. The van der Waals surface area contributed by atoms with Crippen LogP contribution in [0.4, 0.5) is 5.69 Å². The Morgan fingerprint density at radius 1 is 1.04 bits per heavy atom. The fraction of sp³-hybridized carbons (Fsp3) is 0.250. The standard InChI is InChI=1S/C20H20ClNO6/c1-13(2)28-20(25)14-6-8-16(9-7-14)22-18(23)11-27-19(24)12-26-17-5-3-4-15(21)10-17/h3-10,13H,11-12H2,1-2H3,(H,22,23). The Labute approximate surface area is 167 Å². The first-order chi connectivity index (χ1) is 13.3. The topological polar surface area (TPSA) is 90.9 Å². The van der Waals surface area contributed by atoms with Crippen LogP contribution >= 0.6 is 11.6 Å². The monoisotopic (exact) mass is 405 g/mol. The van der Waals surface area contributed by atoms with Crippen LogP contribution in [0.15, 0.2) is 48.5 Å². The summed E-state index contributed by atoms with van der Waals surface area (Å²) in [4.78, 5) is 35.3. The van der Waals surface area contributed by atoms with Crippen LogP contribution in [0.3, 0.4) is 0 Å². The SMILES string of the molecule is CC(C)OC(=O)c1ccc(NC(=O)COC(=O)COc2cccc(Cl)c2)cc1. The molecule has 2 aromatic carbocycles. The van der Waals surface area contributed by atoms with E-state index in [1.54, 1.807) is 50.2 Å². The fourth-order valence-corrected chi connectivity index (χ4v) is 2.24. The lowest BCUT2D eigenvalue weighted by molar-refractivity contribution is -0.149. The summed E-state index contributed by atoms with van der Waals surface area (Å²) < 4.78 is 15.2. The Morgan fingerprint density at radius 2 is 1.75 bits per heavy atom. The summed E-state index contributed by atoms with van der Waals surface area (Å²) in [5.41, 5.74) is 0.827. The fourth-order valence-electron chi connectivity index (χ4n) is 2.06.